The molecule has 0 spiro atoms. The fourth-order valence-corrected chi connectivity index (χ4v) is 1.32. The van der Waals surface area contributed by atoms with Gasteiger partial charge in [0, 0.05) is 11.1 Å². The second kappa shape index (κ2) is 5.87. The quantitative estimate of drug-likeness (QED) is 0.852. The average Bonchev–Trinajstić information content (AvgIpc) is 2.27. The van der Waals surface area contributed by atoms with Crippen LogP contribution < -0.4 is 5.32 Å². The average molecular weight is 263 g/mol. The third kappa shape index (κ3) is 4.73. The predicted molar refractivity (Wildman–Crippen MR) is 75.1 cm³/mol. The normalized spacial score (nSPS) is 11.3. The van der Waals surface area contributed by atoms with Gasteiger partial charge in [0.1, 0.15) is 0 Å². The maximum atomic E-state index is 11.9. The van der Waals surface area contributed by atoms with Crippen molar-refractivity contribution < 1.29 is 14.3 Å². The van der Waals surface area contributed by atoms with Gasteiger partial charge in [-0.1, -0.05) is 26.8 Å². The number of ether oxygens (including phenoxy) is 1. The van der Waals surface area contributed by atoms with Gasteiger partial charge in [0.15, 0.2) is 0 Å². The number of carbonyl (C=O) groups excluding carboxylic acids is 2. The first-order valence-corrected chi connectivity index (χ1v) is 6.32. The maximum Gasteiger partial charge on any atom is 0.338 e. The summed E-state index contributed by atoms with van der Waals surface area (Å²) in [4.78, 5) is 23.6. The predicted octanol–water partition coefficient (Wildman–Crippen LogP) is 3.24. The van der Waals surface area contributed by atoms with Crippen LogP contribution >= 0.6 is 0 Å². The van der Waals surface area contributed by atoms with E-state index in [9.17, 15) is 9.59 Å². The number of hydrogen-bond donors (Lipinski definition) is 1. The Morgan fingerprint density at radius 1 is 1.21 bits per heavy atom. The molecule has 1 rings (SSSR count). The number of benzene rings is 1. The van der Waals surface area contributed by atoms with Gasteiger partial charge in [0.05, 0.1) is 11.7 Å². The van der Waals surface area contributed by atoms with E-state index >= 15 is 0 Å². The van der Waals surface area contributed by atoms with Crippen molar-refractivity contribution in [1.29, 1.82) is 0 Å². The van der Waals surface area contributed by atoms with Gasteiger partial charge in [0.2, 0.25) is 5.91 Å². The van der Waals surface area contributed by atoms with Crippen LogP contribution in [0, 0.1) is 5.41 Å². The first-order valence-electron chi connectivity index (χ1n) is 6.32. The molecule has 1 aromatic rings. The second-order valence-electron chi connectivity index (χ2n) is 5.74. The molecule has 0 radical (unpaired) electrons. The van der Waals surface area contributed by atoms with E-state index in [1.165, 1.54) is 0 Å². The topological polar surface area (TPSA) is 55.4 Å². The van der Waals surface area contributed by atoms with Crippen LogP contribution in [0.25, 0.3) is 0 Å². The Balaban J connectivity index is 2.83. The van der Waals surface area contributed by atoms with Gasteiger partial charge in [-0.3, -0.25) is 4.79 Å². The lowest BCUT2D eigenvalue weighted by molar-refractivity contribution is -0.123. The summed E-state index contributed by atoms with van der Waals surface area (Å²) in [6.07, 6.45) is -0.166. The van der Waals surface area contributed by atoms with Crippen LogP contribution in [0.2, 0.25) is 0 Å². The molecule has 0 heterocycles. The minimum atomic E-state index is -0.478. The molecule has 104 valence electrons. The molecule has 0 saturated carbocycles. The smallest absolute Gasteiger partial charge is 0.338 e. The fourth-order valence-electron chi connectivity index (χ4n) is 1.32. The van der Waals surface area contributed by atoms with E-state index in [1.54, 1.807) is 38.1 Å². The van der Waals surface area contributed by atoms with Gasteiger partial charge in [-0.2, -0.15) is 0 Å². The molecular weight excluding hydrogens is 242 g/mol. The molecule has 0 unspecified atom stereocenters. The summed E-state index contributed by atoms with van der Waals surface area (Å²) in [7, 11) is 0. The highest BCUT2D eigenvalue weighted by Crippen LogP contribution is 2.18. The molecular formula is C15H21NO3. The first-order chi connectivity index (χ1) is 8.70. The van der Waals surface area contributed by atoms with Crippen LogP contribution in [0.5, 0.6) is 0 Å². The Labute approximate surface area is 114 Å². The number of nitrogens with one attached hydrogen (secondary N) is 1. The molecule has 0 saturated heterocycles. The number of anilines is 1. The molecule has 4 heteroatoms. The zero-order chi connectivity index (χ0) is 14.6. The second-order valence-corrected chi connectivity index (χ2v) is 5.74. The Kier molecular flexibility index (Phi) is 4.70. The van der Waals surface area contributed by atoms with Crippen molar-refractivity contribution in [2.24, 2.45) is 5.41 Å². The van der Waals surface area contributed by atoms with Crippen LogP contribution in [0.15, 0.2) is 24.3 Å². The molecule has 0 atom stereocenters. The molecule has 0 aliphatic heterocycles. The van der Waals surface area contributed by atoms with E-state index < -0.39 is 5.41 Å². The number of esters is 1. The molecule has 4 nitrogen and oxygen atoms in total. The molecule has 1 aromatic carbocycles. The maximum absolute atomic E-state index is 11.9. The molecule has 0 fully saturated rings. The largest absolute Gasteiger partial charge is 0.459 e. The van der Waals surface area contributed by atoms with Crippen LogP contribution in [0.1, 0.15) is 45.0 Å². The fraction of sp³-hybridized carbons (Fsp3) is 0.467. The summed E-state index contributed by atoms with van der Waals surface area (Å²) in [6.45, 7) is 9.09. The highest BCUT2D eigenvalue weighted by atomic mass is 16.5. The highest BCUT2D eigenvalue weighted by molar-refractivity contribution is 5.96. The number of amides is 1. The highest BCUT2D eigenvalue weighted by Gasteiger charge is 2.21. The molecule has 19 heavy (non-hydrogen) atoms. The van der Waals surface area contributed by atoms with Crippen LogP contribution in [-0.4, -0.2) is 18.0 Å². The van der Waals surface area contributed by atoms with Crippen molar-refractivity contribution >= 4 is 17.6 Å². The summed E-state index contributed by atoms with van der Waals surface area (Å²) < 4.78 is 5.11. The Morgan fingerprint density at radius 3 is 2.37 bits per heavy atom. The van der Waals surface area contributed by atoms with E-state index in [0.29, 0.717) is 11.3 Å². The minimum Gasteiger partial charge on any atom is -0.459 e. The number of carbonyl (C=O) groups is 2. The molecule has 0 aliphatic rings. The summed E-state index contributed by atoms with van der Waals surface area (Å²) in [5, 5.41) is 2.78. The van der Waals surface area contributed by atoms with Crippen molar-refractivity contribution in [3.8, 4) is 0 Å². The lowest BCUT2D eigenvalue weighted by Gasteiger charge is -2.18. The lowest BCUT2D eigenvalue weighted by atomic mass is 9.95. The Morgan fingerprint density at radius 2 is 1.84 bits per heavy atom. The van der Waals surface area contributed by atoms with Crippen LogP contribution in [-0.2, 0) is 9.53 Å². The van der Waals surface area contributed by atoms with Gasteiger partial charge in [-0.15, -0.1) is 0 Å². The standard InChI is InChI=1S/C15H21NO3/c1-10(2)19-13(17)11-7-6-8-12(9-11)16-14(18)15(3,4)5/h6-10H,1-5H3,(H,16,18). The summed E-state index contributed by atoms with van der Waals surface area (Å²) in [5.41, 5.74) is 0.549. The summed E-state index contributed by atoms with van der Waals surface area (Å²) in [5.74, 6) is -0.483. The van der Waals surface area contributed by atoms with Crippen molar-refractivity contribution in [2.45, 2.75) is 40.7 Å². The Bertz CT molecular complexity index is 473. The van der Waals surface area contributed by atoms with E-state index in [0.717, 1.165) is 0 Å². The third-order valence-electron chi connectivity index (χ3n) is 2.38. The van der Waals surface area contributed by atoms with Crippen molar-refractivity contribution in [3.05, 3.63) is 29.8 Å². The zero-order valence-electron chi connectivity index (χ0n) is 12.1. The molecule has 1 amide bonds. The third-order valence-corrected chi connectivity index (χ3v) is 2.38. The van der Waals surface area contributed by atoms with E-state index in [2.05, 4.69) is 5.32 Å². The van der Waals surface area contributed by atoms with Crippen LogP contribution in [0.4, 0.5) is 5.69 Å². The van der Waals surface area contributed by atoms with Gasteiger partial charge in [-0.25, -0.2) is 4.79 Å². The van der Waals surface area contributed by atoms with Gasteiger partial charge >= 0.3 is 5.97 Å². The van der Waals surface area contributed by atoms with Crippen molar-refractivity contribution in [2.75, 3.05) is 5.32 Å². The van der Waals surface area contributed by atoms with E-state index in [-0.39, 0.29) is 18.0 Å². The molecule has 0 aromatic heterocycles. The van der Waals surface area contributed by atoms with Gasteiger partial charge < -0.3 is 10.1 Å². The van der Waals surface area contributed by atoms with Crippen molar-refractivity contribution in [1.82, 2.24) is 0 Å². The Hall–Kier alpha value is -1.84. The lowest BCUT2D eigenvalue weighted by Crippen LogP contribution is -2.27. The van der Waals surface area contributed by atoms with E-state index in [1.807, 2.05) is 20.8 Å². The molecule has 0 aliphatic carbocycles. The summed E-state index contributed by atoms with van der Waals surface area (Å²) >= 11 is 0. The summed E-state index contributed by atoms with van der Waals surface area (Å²) in [6, 6.07) is 6.75. The first kappa shape index (κ1) is 15.2. The zero-order valence-corrected chi connectivity index (χ0v) is 12.1. The van der Waals surface area contributed by atoms with Gasteiger partial charge in [-0.05, 0) is 32.0 Å². The van der Waals surface area contributed by atoms with E-state index in [4.69, 9.17) is 4.74 Å². The SMILES string of the molecule is CC(C)OC(=O)c1cccc(NC(=O)C(C)(C)C)c1. The van der Waals surface area contributed by atoms with Crippen molar-refractivity contribution in [3.63, 3.8) is 0 Å². The number of hydrogen-bond acceptors (Lipinski definition) is 3. The number of rotatable bonds is 3. The minimum absolute atomic E-state index is 0.0955. The van der Waals surface area contributed by atoms with Gasteiger partial charge in [0.25, 0.3) is 0 Å². The molecule has 0 bridgehead atoms. The molecule has 1 N–H and O–H groups in total. The van der Waals surface area contributed by atoms with Crippen LogP contribution in [0.3, 0.4) is 0 Å². The monoisotopic (exact) mass is 263 g/mol.